The van der Waals surface area contributed by atoms with Crippen LogP contribution < -0.4 is 10.6 Å². The summed E-state index contributed by atoms with van der Waals surface area (Å²) in [5.74, 6) is -1.52. The monoisotopic (exact) mass is 330 g/mol. The fraction of sp³-hybridized carbons (Fsp3) is 0.278. The minimum absolute atomic E-state index is 0.196. The third-order valence-electron chi connectivity index (χ3n) is 3.21. The lowest BCUT2D eigenvalue weighted by Crippen LogP contribution is -2.35. The van der Waals surface area contributed by atoms with Crippen LogP contribution in [-0.2, 0) is 19.1 Å². The number of hydrogen-bond donors (Lipinski definition) is 2. The molecule has 0 aliphatic heterocycles. The van der Waals surface area contributed by atoms with Crippen molar-refractivity contribution in [2.24, 2.45) is 0 Å². The Hall–Kier alpha value is -2.89. The molecule has 0 fully saturated rings. The molecule has 0 aliphatic carbocycles. The van der Waals surface area contributed by atoms with Gasteiger partial charge in [-0.05, 0) is 38.0 Å². The second-order valence-electron chi connectivity index (χ2n) is 5.06. The van der Waals surface area contributed by atoms with E-state index >= 15 is 0 Å². The molecule has 1 aromatic rings. The molecule has 0 aromatic heterocycles. The lowest BCUT2D eigenvalue weighted by atomic mass is 10.1. The van der Waals surface area contributed by atoms with Gasteiger partial charge in [-0.15, -0.1) is 0 Å². The zero-order valence-electron chi connectivity index (χ0n) is 14.1. The summed E-state index contributed by atoms with van der Waals surface area (Å²) in [5, 5.41) is 5.12. The van der Waals surface area contributed by atoms with Crippen LogP contribution >= 0.6 is 0 Å². The first-order valence-corrected chi connectivity index (χ1v) is 7.53. The largest absolute Gasteiger partial charge is 0.452 e. The Morgan fingerprint density at radius 3 is 2.58 bits per heavy atom. The number of nitrogens with one attached hydrogen (secondary N) is 2. The lowest BCUT2D eigenvalue weighted by Gasteiger charge is -2.11. The van der Waals surface area contributed by atoms with E-state index in [1.165, 1.54) is 12.2 Å². The van der Waals surface area contributed by atoms with Gasteiger partial charge in [0, 0.05) is 11.8 Å². The van der Waals surface area contributed by atoms with Crippen molar-refractivity contribution in [1.29, 1.82) is 0 Å². The zero-order valence-corrected chi connectivity index (χ0v) is 14.1. The Balaban J connectivity index is 2.35. The average molecular weight is 330 g/mol. The van der Waals surface area contributed by atoms with Gasteiger partial charge < -0.3 is 15.4 Å². The van der Waals surface area contributed by atoms with Gasteiger partial charge in [0.15, 0.2) is 6.61 Å². The maximum Gasteiger partial charge on any atom is 0.331 e. The number of carbonyl (C=O) groups excluding carboxylic acids is 3. The van der Waals surface area contributed by atoms with E-state index < -0.39 is 18.5 Å². The first-order valence-electron chi connectivity index (χ1n) is 7.53. The molecule has 0 saturated carbocycles. The molecule has 1 aromatic carbocycles. The van der Waals surface area contributed by atoms with Crippen molar-refractivity contribution in [2.75, 3.05) is 18.5 Å². The molecule has 0 radical (unpaired) electrons. The molecule has 1 rings (SSSR count). The summed E-state index contributed by atoms with van der Waals surface area (Å²) in [5.41, 5.74) is 2.74. The summed E-state index contributed by atoms with van der Waals surface area (Å²) in [6.07, 6.45) is 6.14. The summed E-state index contributed by atoms with van der Waals surface area (Å²) < 4.78 is 4.73. The summed E-state index contributed by atoms with van der Waals surface area (Å²) in [4.78, 5) is 34.7. The van der Waals surface area contributed by atoms with Crippen LogP contribution in [0, 0.1) is 13.8 Å². The lowest BCUT2D eigenvalue weighted by molar-refractivity contribution is -0.143. The van der Waals surface area contributed by atoms with Crippen LogP contribution in [0.15, 0.2) is 42.5 Å². The normalized spacial score (nSPS) is 10.8. The summed E-state index contributed by atoms with van der Waals surface area (Å²) >= 11 is 0. The molecule has 2 amide bonds. The predicted octanol–water partition coefficient (Wildman–Crippen LogP) is 2.03. The van der Waals surface area contributed by atoms with E-state index in [0.717, 1.165) is 11.1 Å². The van der Waals surface area contributed by atoms with Crippen LogP contribution in [0.1, 0.15) is 18.1 Å². The molecular weight excluding hydrogens is 308 g/mol. The molecule has 0 saturated heterocycles. The molecule has 2 N–H and O–H groups in total. The number of benzene rings is 1. The number of allylic oxidation sites excluding steroid dienone is 3. The van der Waals surface area contributed by atoms with Crippen LogP contribution in [0.3, 0.4) is 0 Å². The van der Waals surface area contributed by atoms with E-state index in [1.54, 1.807) is 18.2 Å². The van der Waals surface area contributed by atoms with E-state index in [4.69, 9.17) is 4.74 Å². The first-order chi connectivity index (χ1) is 11.4. The Labute approximate surface area is 141 Å². The number of rotatable bonds is 7. The number of aryl methyl sites for hydroxylation is 1. The molecular formula is C18H22N2O4. The molecule has 24 heavy (non-hydrogen) atoms. The third-order valence-corrected chi connectivity index (χ3v) is 3.21. The fourth-order valence-electron chi connectivity index (χ4n) is 1.74. The Kier molecular flexibility index (Phi) is 7.98. The van der Waals surface area contributed by atoms with Crippen molar-refractivity contribution < 1.29 is 19.1 Å². The van der Waals surface area contributed by atoms with Crippen molar-refractivity contribution in [1.82, 2.24) is 5.32 Å². The van der Waals surface area contributed by atoms with E-state index in [-0.39, 0.29) is 12.5 Å². The van der Waals surface area contributed by atoms with Gasteiger partial charge in [0.1, 0.15) is 0 Å². The van der Waals surface area contributed by atoms with Gasteiger partial charge in [0.25, 0.3) is 5.91 Å². The van der Waals surface area contributed by atoms with Crippen molar-refractivity contribution >= 4 is 23.5 Å². The van der Waals surface area contributed by atoms with E-state index in [2.05, 4.69) is 10.6 Å². The number of ether oxygens (including phenoxy) is 1. The van der Waals surface area contributed by atoms with Gasteiger partial charge >= 0.3 is 5.97 Å². The zero-order chi connectivity index (χ0) is 17.9. The smallest absolute Gasteiger partial charge is 0.331 e. The molecule has 0 bridgehead atoms. The highest BCUT2D eigenvalue weighted by Crippen LogP contribution is 2.17. The first kappa shape index (κ1) is 19.2. The number of anilines is 1. The van der Waals surface area contributed by atoms with Crippen molar-refractivity contribution in [2.45, 2.75) is 20.8 Å². The molecule has 6 heteroatoms. The second kappa shape index (κ2) is 9.99. The molecule has 0 unspecified atom stereocenters. The van der Waals surface area contributed by atoms with Gasteiger partial charge in [0.05, 0.1) is 6.54 Å². The molecule has 0 atom stereocenters. The van der Waals surface area contributed by atoms with Gasteiger partial charge in [-0.3, -0.25) is 9.59 Å². The molecule has 0 spiro atoms. The van der Waals surface area contributed by atoms with Crippen LogP contribution in [0.2, 0.25) is 0 Å². The SMILES string of the molecule is C/C=C/C=C/C(=O)OCC(=O)NCC(=O)Nc1cccc(C)c1C. The average Bonchev–Trinajstić information content (AvgIpc) is 2.55. The quantitative estimate of drug-likeness (QED) is 0.455. The highest BCUT2D eigenvalue weighted by molar-refractivity contribution is 5.95. The molecule has 0 aliphatic rings. The van der Waals surface area contributed by atoms with E-state index in [9.17, 15) is 14.4 Å². The van der Waals surface area contributed by atoms with E-state index in [0.29, 0.717) is 5.69 Å². The predicted molar refractivity (Wildman–Crippen MR) is 92.5 cm³/mol. The van der Waals surface area contributed by atoms with Crippen molar-refractivity contribution in [3.05, 3.63) is 53.6 Å². The molecule has 6 nitrogen and oxygen atoms in total. The minimum Gasteiger partial charge on any atom is -0.452 e. The topological polar surface area (TPSA) is 84.5 Å². The van der Waals surface area contributed by atoms with Gasteiger partial charge in [-0.1, -0.05) is 30.4 Å². The summed E-state index contributed by atoms with van der Waals surface area (Å²) in [6, 6.07) is 5.59. The standard InChI is InChI=1S/C18H22N2O4/c1-4-5-6-10-18(23)24-12-17(22)19-11-16(21)20-15-9-7-8-13(2)14(15)3/h4-10H,11-12H2,1-3H3,(H,19,22)(H,20,21)/b5-4+,10-6+. The van der Waals surface area contributed by atoms with Gasteiger partial charge in [-0.25, -0.2) is 4.79 Å². The molecule has 0 heterocycles. The van der Waals surface area contributed by atoms with Crippen LogP contribution in [-0.4, -0.2) is 30.9 Å². The van der Waals surface area contributed by atoms with Crippen LogP contribution in [0.25, 0.3) is 0 Å². The summed E-state index contributed by atoms with van der Waals surface area (Å²) in [6.45, 7) is 5.04. The number of esters is 1. The van der Waals surface area contributed by atoms with Crippen LogP contribution in [0.4, 0.5) is 5.69 Å². The highest BCUT2D eigenvalue weighted by Gasteiger charge is 2.09. The maximum absolute atomic E-state index is 11.8. The van der Waals surface area contributed by atoms with Crippen LogP contribution in [0.5, 0.6) is 0 Å². The van der Waals surface area contributed by atoms with E-state index in [1.807, 2.05) is 32.9 Å². The van der Waals surface area contributed by atoms with Crippen molar-refractivity contribution in [3.63, 3.8) is 0 Å². The maximum atomic E-state index is 11.8. The third kappa shape index (κ3) is 6.91. The fourth-order valence-corrected chi connectivity index (χ4v) is 1.74. The van der Waals surface area contributed by atoms with Gasteiger partial charge in [-0.2, -0.15) is 0 Å². The Morgan fingerprint density at radius 2 is 1.88 bits per heavy atom. The highest BCUT2D eigenvalue weighted by atomic mass is 16.5. The Bertz CT molecular complexity index is 663. The number of amides is 2. The van der Waals surface area contributed by atoms with Gasteiger partial charge in [0.2, 0.25) is 5.91 Å². The second-order valence-corrected chi connectivity index (χ2v) is 5.06. The van der Waals surface area contributed by atoms with Crippen molar-refractivity contribution in [3.8, 4) is 0 Å². The molecule has 128 valence electrons. The Morgan fingerprint density at radius 1 is 1.12 bits per heavy atom. The number of carbonyl (C=O) groups is 3. The minimum atomic E-state index is -0.622. The summed E-state index contributed by atoms with van der Waals surface area (Å²) in [7, 11) is 0. The number of hydrogen-bond acceptors (Lipinski definition) is 4.